The van der Waals surface area contributed by atoms with Crippen LogP contribution in [-0.2, 0) is 18.9 Å². The topological polar surface area (TPSA) is 4.93 Å². The standard InChI is InChI=1S/C16H21N/c1-16(2,3)14-9-7-13(8-10-14)12-15-6-5-11-17(15)4/h5-11H,12H2,1-4H3. The van der Waals surface area contributed by atoms with Crippen LogP contribution in [0.15, 0.2) is 42.6 Å². The Balaban J connectivity index is 2.17. The molecule has 0 saturated carbocycles. The molecule has 0 fully saturated rings. The normalized spacial score (nSPS) is 11.8. The first-order valence-electron chi connectivity index (χ1n) is 6.16. The molecule has 0 aliphatic carbocycles. The maximum atomic E-state index is 2.25. The summed E-state index contributed by atoms with van der Waals surface area (Å²) in [5.74, 6) is 0. The predicted molar refractivity (Wildman–Crippen MR) is 73.4 cm³/mol. The highest BCUT2D eigenvalue weighted by atomic mass is 14.9. The minimum atomic E-state index is 0.240. The zero-order valence-corrected chi connectivity index (χ0v) is 11.2. The summed E-state index contributed by atoms with van der Waals surface area (Å²) in [4.78, 5) is 0. The van der Waals surface area contributed by atoms with Gasteiger partial charge in [-0.2, -0.15) is 0 Å². The van der Waals surface area contributed by atoms with E-state index in [0.717, 1.165) is 6.42 Å². The number of hydrogen-bond donors (Lipinski definition) is 0. The molecule has 1 aromatic heterocycles. The smallest absolute Gasteiger partial charge is 0.0215 e. The highest BCUT2D eigenvalue weighted by molar-refractivity contribution is 5.30. The largest absolute Gasteiger partial charge is 0.354 e. The van der Waals surface area contributed by atoms with E-state index in [-0.39, 0.29) is 5.41 Å². The number of nitrogens with zero attached hydrogens (tertiary/aromatic N) is 1. The van der Waals surface area contributed by atoms with E-state index in [1.54, 1.807) is 0 Å². The Kier molecular flexibility index (Phi) is 3.10. The van der Waals surface area contributed by atoms with Crippen LogP contribution in [0.1, 0.15) is 37.6 Å². The van der Waals surface area contributed by atoms with Crippen LogP contribution in [0.2, 0.25) is 0 Å². The lowest BCUT2D eigenvalue weighted by molar-refractivity contribution is 0.590. The van der Waals surface area contributed by atoms with Crippen molar-refractivity contribution in [3.05, 3.63) is 59.4 Å². The van der Waals surface area contributed by atoms with E-state index in [9.17, 15) is 0 Å². The van der Waals surface area contributed by atoms with Crippen LogP contribution < -0.4 is 0 Å². The van der Waals surface area contributed by atoms with Crippen molar-refractivity contribution in [1.82, 2.24) is 4.57 Å². The highest BCUT2D eigenvalue weighted by Gasteiger charge is 2.12. The van der Waals surface area contributed by atoms with E-state index in [4.69, 9.17) is 0 Å². The molecule has 90 valence electrons. The van der Waals surface area contributed by atoms with Gasteiger partial charge in [0.15, 0.2) is 0 Å². The summed E-state index contributed by atoms with van der Waals surface area (Å²) in [6.07, 6.45) is 3.10. The lowest BCUT2D eigenvalue weighted by atomic mass is 9.86. The molecule has 1 heteroatoms. The fourth-order valence-electron chi connectivity index (χ4n) is 2.01. The minimum Gasteiger partial charge on any atom is -0.354 e. The van der Waals surface area contributed by atoms with Crippen LogP contribution in [0.4, 0.5) is 0 Å². The van der Waals surface area contributed by atoms with Gasteiger partial charge in [-0.1, -0.05) is 45.0 Å². The third-order valence-electron chi connectivity index (χ3n) is 3.26. The number of aryl methyl sites for hydroxylation is 1. The van der Waals surface area contributed by atoms with Gasteiger partial charge in [-0.15, -0.1) is 0 Å². The van der Waals surface area contributed by atoms with E-state index in [1.807, 2.05) is 0 Å². The SMILES string of the molecule is Cn1cccc1Cc1ccc(C(C)(C)C)cc1. The molecule has 0 amide bonds. The van der Waals surface area contributed by atoms with Crippen LogP contribution in [0, 0.1) is 0 Å². The van der Waals surface area contributed by atoms with Crippen LogP contribution in [0.25, 0.3) is 0 Å². The van der Waals surface area contributed by atoms with Gasteiger partial charge in [-0.25, -0.2) is 0 Å². The van der Waals surface area contributed by atoms with Crippen molar-refractivity contribution in [2.75, 3.05) is 0 Å². The highest BCUT2D eigenvalue weighted by Crippen LogP contribution is 2.22. The molecule has 1 heterocycles. The first kappa shape index (κ1) is 12.0. The Labute approximate surface area is 104 Å². The zero-order valence-electron chi connectivity index (χ0n) is 11.2. The molecular formula is C16H21N. The van der Waals surface area contributed by atoms with Gasteiger partial charge < -0.3 is 4.57 Å². The van der Waals surface area contributed by atoms with Gasteiger partial charge >= 0.3 is 0 Å². The molecule has 0 spiro atoms. The Hall–Kier alpha value is -1.50. The maximum absolute atomic E-state index is 2.25. The summed E-state index contributed by atoms with van der Waals surface area (Å²) in [7, 11) is 2.10. The average molecular weight is 227 g/mol. The molecule has 0 bridgehead atoms. The van der Waals surface area contributed by atoms with Gasteiger partial charge in [-0.3, -0.25) is 0 Å². The van der Waals surface area contributed by atoms with Crippen LogP contribution >= 0.6 is 0 Å². The number of hydrogen-bond acceptors (Lipinski definition) is 0. The van der Waals surface area contributed by atoms with Crippen LogP contribution in [0.5, 0.6) is 0 Å². The average Bonchev–Trinajstić information content (AvgIpc) is 2.64. The molecule has 0 aliphatic heterocycles. The Morgan fingerprint density at radius 2 is 1.65 bits per heavy atom. The quantitative estimate of drug-likeness (QED) is 0.733. The monoisotopic (exact) mass is 227 g/mol. The summed E-state index contributed by atoms with van der Waals surface area (Å²) >= 11 is 0. The lowest BCUT2D eigenvalue weighted by Crippen LogP contribution is -2.10. The molecular weight excluding hydrogens is 206 g/mol. The maximum Gasteiger partial charge on any atom is 0.0215 e. The van der Waals surface area contributed by atoms with Crippen molar-refractivity contribution in [3.63, 3.8) is 0 Å². The number of benzene rings is 1. The second kappa shape index (κ2) is 4.40. The van der Waals surface area contributed by atoms with Crippen molar-refractivity contribution < 1.29 is 0 Å². The molecule has 0 atom stereocenters. The molecule has 0 aliphatic rings. The van der Waals surface area contributed by atoms with Crippen molar-refractivity contribution >= 4 is 0 Å². The summed E-state index contributed by atoms with van der Waals surface area (Å²) in [5.41, 5.74) is 4.37. The third kappa shape index (κ3) is 2.79. The lowest BCUT2D eigenvalue weighted by Gasteiger charge is -2.19. The van der Waals surface area contributed by atoms with Crippen molar-refractivity contribution in [1.29, 1.82) is 0 Å². The van der Waals surface area contributed by atoms with Gasteiger partial charge in [0, 0.05) is 25.4 Å². The van der Waals surface area contributed by atoms with Gasteiger partial charge in [0.25, 0.3) is 0 Å². The molecule has 0 radical (unpaired) electrons. The number of aromatic nitrogens is 1. The molecule has 1 aromatic carbocycles. The fraction of sp³-hybridized carbons (Fsp3) is 0.375. The molecule has 17 heavy (non-hydrogen) atoms. The zero-order chi connectivity index (χ0) is 12.5. The molecule has 2 aromatic rings. The summed E-state index contributed by atoms with van der Waals surface area (Å²) in [5, 5.41) is 0. The third-order valence-corrected chi connectivity index (χ3v) is 3.26. The molecule has 0 N–H and O–H groups in total. The first-order chi connectivity index (χ1) is 7.97. The fourth-order valence-corrected chi connectivity index (χ4v) is 2.01. The van der Waals surface area contributed by atoms with E-state index >= 15 is 0 Å². The van der Waals surface area contributed by atoms with Crippen molar-refractivity contribution in [2.45, 2.75) is 32.6 Å². The predicted octanol–water partition coefficient (Wildman–Crippen LogP) is 3.91. The molecule has 2 rings (SSSR count). The van der Waals surface area contributed by atoms with Gasteiger partial charge in [0.05, 0.1) is 0 Å². The van der Waals surface area contributed by atoms with Crippen molar-refractivity contribution in [2.24, 2.45) is 7.05 Å². The van der Waals surface area contributed by atoms with E-state index in [1.165, 1.54) is 16.8 Å². The second-order valence-electron chi connectivity index (χ2n) is 5.73. The van der Waals surface area contributed by atoms with Gasteiger partial charge in [-0.05, 0) is 28.7 Å². The molecule has 1 nitrogen and oxygen atoms in total. The van der Waals surface area contributed by atoms with Crippen LogP contribution in [0.3, 0.4) is 0 Å². The van der Waals surface area contributed by atoms with Crippen molar-refractivity contribution in [3.8, 4) is 0 Å². The Morgan fingerprint density at radius 1 is 1.00 bits per heavy atom. The molecule has 0 unspecified atom stereocenters. The van der Waals surface area contributed by atoms with E-state index in [0.29, 0.717) is 0 Å². The van der Waals surface area contributed by atoms with Gasteiger partial charge in [0.2, 0.25) is 0 Å². The van der Waals surface area contributed by atoms with E-state index < -0.39 is 0 Å². The number of rotatable bonds is 2. The summed E-state index contributed by atoms with van der Waals surface area (Å²) in [6, 6.07) is 13.3. The molecule has 0 saturated heterocycles. The Morgan fingerprint density at radius 3 is 2.12 bits per heavy atom. The minimum absolute atomic E-state index is 0.240. The Bertz CT molecular complexity index is 483. The van der Waals surface area contributed by atoms with Crippen LogP contribution in [-0.4, -0.2) is 4.57 Å². The summed E-state index contributed by atoms with van der Waals surface area (Å²) < 4.78 is 2.18. The second-order valence-corrected chi connectivity index (χ2v) is 5.73. The van der Waals surface area contributed by atoms with Gasteiger partial charge in [0.1, 0.15) is 0 Å². The first-order valence-corrected chi connectivity index (χ1v) is 6.16. The van der Waals surface area contributed by atoms with E-state index in [2.05, 4.69) is 75.0 Å². The summed E-state index contributed by atoms with van der Waals surface area (Å²) in [6.45, 7) is 6.75.